The van der Waals surface area contributed by atoms with E-state index in [1.165, 1.54) is 23.5 Å². The van der Waals surface area contributed by atoms with Gasteiger partial charge in [0.2, 0.25) is 0 Å². The minimum atomic E-state index is -0.300. The van der Waals surface area contributed by atoms with E-state index in [0.717, 1.165) is 16.1 Å². The third kappa shape index (κ3) is 2.87. The molecule has 0 saturated carbocycles. The minimum absolute atomic E-state index is 0.114. The third-order valence-corrected chi connectivity index (χ3v) is 4.15. The second-order valence-electron chi connectivity index (χ2n) is 3.96. The van der Waals surface area contributed by atoms with Crippen molar-refractivity contribution < 1.29 is 4.39 Å². The average molecular weight is 286 g/mol. The number of rotatable bonds is 4. The Morgan fingerprint density at radius 1 is 1.56 bits per heavy atom. The normalized spacial score (nSPS) is 12.7. The Morgan fingerprint density at radius 3 is 2.94 bits per heavy atom. The zero-order valence-corrected chi connectivity index (χ0v) is 11.4. The SMILES string of the molecule is Cc1ncsc1C(Cc1cc(F)ccc1Cl)NN. The van der Waals surface area contributed by atoms with Gasteiger partial charge < -0.3 is 0 Å². The molecule has 0 aliphatic rings. The van der Waals surface area contributed by atoms with Crippen LogP contribution in [0.2, 0.25) is 5.02 Å². The van der Waals surface area contributed by atoms with Crippen LogP contribution >= 0.6 is 22.9 Å². The van der Waals surface area contributed by atoms with Crippen molar-refractivity contribution in [2.24, 2.45) is 5.84 Å². The summed E-state index contributed by atoms with van der Waals surface area (Å²) < 4.78 is 13.2. The molecule has 18 heavy (non-hydrogen) atoms. The van der Waals surface area contributed by atoms with Crippen molar-refractivity contribution in [3.63, 3.8) is 0 Å². The van der Waals surface area contributed by atoms with E-state index >= 15 is 0 Å². The molecule has 96 valence electrons. The molecule has 2 aromatic rings. The van der Waals surface area contributed by atoms with E-state index in [1.54, 1.807) is 11.6 Å². The third-order valence-electron chi connectivity index (χ3n) is 2.73. The molecular weight excluding hydrogens is 273 g/mol. The Morgan fingerprint density at radius 2 is 2.33 bits per heavy atom. The van der Waals surface area contributed by atoms with Gasteiger partial charge in [-0.25, -0.2) is 9.37 Å². The van der Waals surface area contributed by atoms with Gasteiger partial charge in [0.05, 0.1) is 17.2 Å². The van der Waals surface area contributed by atoms with Gasteiger partial charge in [-0.15, -0.1) is 11.3 Å². The van der Waals surface area contributed by atoms with E-state index < -0.39 is 0 Å². The number of hydrogen-bond donors (Lipinski definition) is 2. The lowest BCUT2D eigenvalue weighted by atomic mass is 10.0. The zero-order valence-electron chi connectivity index (χ0n) is 9.78. The number of hydrazine groups is 1. The Labute approximate surface area is 114 Å². The van der Waals surface area contributed by atoms with Crippen LogP contribution in [-0.4, -0.2) is 4.98 Å². The van der Waals surface area contributed by atoms with Crippen LogP contribution in [0.15, 0.2) is 23.7 Å². The fourth-order valence-electron chi connectivity index (χ4n) is 1.79. The second-order valence-corrected chi connectivity index (χ2v) is 5.25. The van der Waals surface area contributed by atoms with Crippen LogP contribution in [0.25, 0.3) is 0 Å². The highest BCUT2D eigenvalue weighted by atomic mass is 35.5. The molecular formula is C12H13ClFN3S. The summed E-state index contributed by atoms with van der Waals surface area (Å²) in [6, 6.07) is 4.22. The first-order valence-electron chi connectivity index (χ1n) is 5.42. The van der Waals surface area contributed by atoms with Gasteiger partial charge in [0, 0.05) is 9.90 Å². The van der Waals surface area contributed by atoms with Gasteiger partial charge in [-0.3, -0.25) is 11.3 Å². The van der Waals surface area contributed by atoms with Gasteiger partial charge in [-0.2, -0.15) is 0 Å². The summed E-state index contributed by atoms with van der Waals surface area (Å²) in [4.78, 5) is 5.22. The molecule has 0 spiro atoms. The van der Waals surface area contributed by atoms with Gasteiger partial charge in [0.1, 0.15) is 5.82 Å². The first-order chi connectivity index (χ1) is 8.61. The summed E-state index contributed by atoms with van der Waals surface area (Å²) in [6.07, 6.45) is 0.524. The van der Waals surface area contributed by atoms with Crippen molar-refractivity contribution in [3.8, 4) is 0 Å². The van der Waals surface area contributed by atoms with Crippen LogP contribution in [0.1, 0.15) is 22.2 Å². The van der Waals surface area contributed by atoms with Crippen molar-refractivity contribution in [3.05, 3.63) is 50.7 Å². The lowest BCUT2D eigenvalue weighted by Crippen LogP contribution is -2.29. The number of halogens is 2. The maximum Gasteiger partial charge on any atom is 0.123 e. The predicted octanol–water partition coefficient (Wildman–Crippen LogP) is 2.99. The molecule has 3 N–H and O–H groups in total. The molecule has 0 aliphatic carbocycles. The molecule has 3 nitrogen and oxygen atoms in total. The fourth-order valence-corrected chi connectivity index (χ4v) is 2.85. The minimum Gasteiger partial charge on any atom is -0.271 e. The molecule has 0 aliphatic heterocycles. The van der Waals surface area contributed by atoms with Crippen LogP contribution in [-0.2, 0) is 6.42 Å². The lowest BCUT2D eigenvalue weighted by molar-refractivity contribution is 0.553. The van der Waals surface area contributed by atoms with E-state index in [-0.39, 0.29) is 11.9 Å². The average Bonchev–Trinajstić information content (AvgIpc) is 2.77. The zero-order chi connectivity index (χ0) is 13.1. The van der Waals surface area contributed by atoms with Crippen LogP contribution < -0.4 is 11.3 Å². The van der Waals surface area contributed by atoms with Crippen molar-refractivity contribution in [1.82, 2.24) is 10.4 Å². The molecule has 0 saturated heterocycles. The summed E-state index contributed by atoms with van der Waals surface area (Å²) in [5, 5.41) is 0.541. The van der Waals surface area contributed by atoms with Gasteiger partial charge in [-0.1, -0.05) is 11.6 Å². The molecule has 2 rings (SSSR count). The lowest BCUT2D eigenvalue weighted by Gasteiger charge is -2.16. The van der Waals surface area contributed by atoms with E-state index in [9.17, 15) is 4.39 Å². The number of aromatic nitrogens is 1. The van der Waals surface area contributed by atoms with Gasteiger partial charge in [0.25, 0.3) is 0 Å². The molecule has 1 atom stereocenters. The standard InChI is InChI=1S/C12H13ClFN3S/c1-7-12(18-6-16-7)11(17-15)5-8-4-9(14)2-3-10(8)13/h2-4,6,11,17H,5,15H2,1H3. The Kier molecular flexibility index (Phi) is 4.29. The molecule has 1 heterocycles. The Hall–Kier alpha value is -1.01. The maximum absolute atomic E-state index is 13.2. The highest BCUT2D eigenvalue weighted by Gasteiger charge is 2.17. The molecule has 0 fully saturated rings. The van der Waals surface area contributed by atoms with Crippen LogP contribution in [0.5, 0.6) is 0 Å². The smallest absolute Gasteiger partial charge is 0.123 e. The van der Waals surface area contributed by atoms with E-state index in [4.69, 9.17) is 17.4 Å². The van der Waals surface area contributed by atoms with Gasteiger partial charge >= 0.3 is 0 Å². The molecule has 0 radical (unpaired) electrons. The number of hydrogen-bond acceptors (Lipinski definition) is 4. The number of nitrogens with zero attached hydrogens (tertiary/aromatic N) is 1. The van der Waals surface area contributed by atoms with Crippen molar-refractivity contribution in [2.45, 2.75) is 19.4 Å². The Bertz CT molecular complexity index is 544. The fraction of sp³-hybridized carbons (Fsp3) is 0.250. The van der Waals surface area contributed by atoms with Gasteiger partial charge in [0.15, 0.2) is 0 Å². The van der Waals surface area contributed by atoms with E-state index in [2.05, 4.69) is 10.4 Å². The summed E-state index contributed by atoms with van der Waals surface area (Å²) >= 11 is 7.57. The number of nitrogens with one attached hydrogen (secondary N) is 1. The number of benzene rings is 1. The van der Waals surface area contributed by atoms with E-state index in [0.29, 0.717) is 11.4 Å². The molecule has 1 aromatic carbocycles. The van der Waals surface area contributed by atoms with Gasteiger partial charge in [-0.05, 0) is 37.1 Å². The molecule has 0 bridgehead atoms. The van der Waals surface area contributed by atoms with Crippen LogP contribution in [0.3, 0.4) is 0 Å². The summed E-state index contributed by atoms with van der Waals surface area (Å²) in [7, 11) is 0. The highest BCUT2D eigenvalue weighted by Crippen LogP contribution is 2.27. The summed E-state index contributed by atoms with van der Waals surface area (Å²) in [6.45, 7) is 1.92. The number of nitrogens with two attached hydrogens (primary N) is 1. The van der Waals surface area contributed by atoms with E-state index in [1.807, 2.05) is 6.92 Å². The predicted molar refractivity (Wildman–Crippen MR) is 72.0 cm³/mol. The Balaban J connectivity index is 2.26. The molecule has 1 unspecified atom stereocenters. The molecule has 0 amide bonds. The monoisotopic (exact) mass is 285 g/mol. The van der Waals surface area contributed by atoms with Crippen molar-refractivity contribution in [1.29, 1.82) is 0 Å². The topological polar surface area (TPSA) is 50.9 Å². The molecule has 1 aromatic heterocycles. The summed E-state index contributed by atoms with van der Waals surface area (Å²) in [5.41, 5.74) is 6.15. The second kappa shape index (κ2) is 5.75. The number of aryl methyl sites for hydroxylation is 1. The van der Waals surface area contributed by atoms with Crippen molar-refractivity contribution >= 4 is 22.9 Å². The van der Waals surface area contributed by atoms with Crippen LogP contribution in [0, 0.1) is 12.7 Å². The first kappa shape index (κ1) is 13.4. The highest BCUT2D eigenvalue weighted by molar-refractivity contribution is 7.09. The number of thiazole rings is 1. The summed E-state index contributed by atoms with van der Waals surface area (Å²) in [5.74, 6) is 5.26. The van der Waals surface area contributed by atoms with Crippen molar-refractivity contribution in [2.75, 3.05) is 0 Å². The maximum atomic E-state index is 13.2. The molecule has 6 heteroatoms. The quantitative estimate of drug-likeness (QED) is 0.671. The van der Waals surface area contributed by atoms with Crippen LogP contribution in [0.4, 0.5) is 4.39 Å². The largest absolute Gasteiger partial charge is 0.271 e. The first-order valence-corrected chi connectivity index (χ1v) is 6.67.